The van der Waals surface area contributed by atoms with E-state index >= 15 is 0 Å². The van der Waals surface area contributed by atoms with Gasteiger partial charge in [0.25, 0.3) is 0 Å². The van der Waals surface area contributed by atoms with Gasteiger partial charge in [0.1, 0.15) is 4.75 Å². The lowest BCUT2D eigenvalue weighted by Crippen LogP contribution is -2.51. The Morgan fingerprint density at radius 3 is 2.55 bits per heavy atom. The number of aromatic hydroxyl groups is 2. The van der Waals surface area contributed by atoms with E-state index in [1.54, 1.807) is 41.6 Å². The Kier molecular flexibility index (Phi) is 5.86. The van der Waals surface area contributed by atoms with Crippen molar-refractivity contribution in [3.8, 4) is 21.9 Å². The first kappa shape index (κ1) is 20.3. The van der Waals surface area contributed by atoms with Crippen LogP contribution < -0.4 is 10.6 Å². The molecule has 2 saturated heterocycles. The van der Waals surface area contributed by atoms with Crippen molar-refractivity contribution < 1.29 is 19.7 Å². The quantitative estimate of drug-likeness (QED) is 0.482. The van der Waals surface area contributed by atoms with Crippen molar-refractivity contribution in [2.75, 3.05) is 44.3 Å². The summed E-state index contributed by atoms with van der Waals surface area (Å²) in [6, 6.07) is 4.78. The minimum atomic E-state index is -0.560. The highest BCUT2D eigenvalue weighted by molar-refractivity contribution is 7.99. The van der Waals surface area contributed by atoms with Crippen molar-refractivity contribution in [3.63, 3.8) is 0 Å². The van der Waals surface area contributed by atoms with Gasteiger partial charge >= 0.3 is 0 Å². The summed E-state index contributed by atoms with van der Waals surface area (Å²) in [4.78, 5) is 19.8. The summed E-state index contributed by atoms with van der Waals surface area (Å²) in [5.74, 6) is -0.528. The molecule has 0 spiro atoms. The maximum atomic E-state index is 12.1. The van der Waals surface area contributed by atoms with Crippen LogP contribution in [0.5, 0.6) is 11.5 Å². The number of nitrogens with two attached hydrogens (primary N) is 1. The van der Waals surface area contributed by atoms with Gasteiger partial charge < -0.3 is 25.6 Å². The lowest BCUT2D eigenvalue weighted by atomic mass is 9.98. The van der Waals surface area contributed by atoms with Gasteiger partial charge in [0, 0.05) is 45.6 Å². The Bertz CT molecular complexity index is 877. The Balaban J connectivity index is 1.38. The fourth-order valence-electron chi connectivity index (χ4n) is 3.52. The van der Waals surface area contributed by atoms with Crippen LogP contribution in [0.1, 0.15) is 12.8 Å². The molecular weight excluding hydrogens is 412 g/mol. The number of phenols is 2. The SMILES string of the molecule is NC(=O)C1(SN2CCN(c3ncc(-c4ccc(O)c(O)c4)s3)CC2)CCOCC1. The summed E-state index contributed by atoms with van der Waals surface area (Å²) in [6.45, 7) is 4.40. The van der Waals surface area contributed by atoms with Crippen LogP contribution >= 0.6 is 23.3 Å². The zero-order valence-electron chi connectivity index (χ0n) is 15.9. The van der Waals surface area contributed by atoms with Crippen molar-refractivity contribution in [1.82, 2.24) is 9.29 Å². The van der Waals surface area contributed by atoms with Gasteiger partial charge in [-0.15, -0.1) is 0 Å². The number of carbonyl (C=O) groups excluding carboxylic acids is 1. The molecule has 3 heterocycles. The number of amides is 1. The van der Waals surface area contributed by atoms with Crippen LogP contribution in [0.2, 0.25) is 0 Å². The number of hydrogen-bond acceptors (Lipinski definition) is 9. The Labute approximate surface area is 177 Å². The third-order valence-electron chi connectivity index (χ3n) is 5.32. The van der Waals surface area contributed by atoms with Gasteiger partial charge in [-0.3, -0.25) is 4.79 Å². The molecule has 1 aromatic heterocycles. The number of rotatable bonds is 5. The van der Waals surface area contributed by atoms with Crippen molar-refractivity contribution in [2.24, 2.45) is 5.73 Å². The lowest BCUT2D eigenvalue weighted by molar-refractivity contribution is -0.122. The molecule has 2 aromatic rings. The molecule has 0 radical (unpaired) electrons. The van der Waals surface area contributed by atoms with Gasteiger partial charge in [-0.1, -0.05) is 23.3 Å². The van der Waals surface area contributed by atoms with E-state index in [0.717, 1.165) is 41.8 Å². The molecule has 1 amide bonds. The first-order valence-corrected chi connectivity index (χ1v) is 11.1. The molecule has 4 rings (SSSR count). The largest absolute Gasteiger partial charge is 0.504 e. The van der Waals surface area contributed by atoms with Crippen molar-refractivity contribution in [1.29, 1.82) is 0 Å². The van der Waals surface area contributed by atoms with E-state index in [4.69, 9.17) is 10.5 Å². The average Bonchev–Trinajstić information content (AvgIpc) is 3.21. The lowest BCUT2D eigenvalue weighted by Gasteiger charge is -2.40. The smallest absolute Gasteiger partial charge is 0.235 e. The molecule has 0 unspecified atom stereocenters. The first-order valence-electron chi connectivity index (χ1n) is 9.52. The van der Waals surface area contributed by atoms with E-state index in [0.29, 0.717) is 26.1 Å². The number of hydrogen-bond donors (Lipinski definition) is 3. The number of ether oxygens (including phenoxy) is 1. The van der Waals surface area contributed by atoms with E-state index in [9.17, 15) is 15.0 Å². The average molecular weight is 437 g/mol. The summed E-state index contributed by atoms with van der Waals surface area (Å²) in [6.07, 6.45) is 3.10. The monoisotopic (exact) mass is 436 g/mol. The molecule has 8 nitrogen and oxygen atoms in total. The second kappa shape index (κ2) is 8.39. The van der Waals surface area contributed by atoms with Crippen LogP contribution in [0.15, 0.2) is 24.4 Å². The van der Waals surface area contributed by atoms with E-state index in [-0.39, 0.29) is 17.4 Å². The minimum Gasteiger partial charge on any atom is -0.504 e. The Hall–Kier alpha value is -2.01. The molecule has 0 atom stereocenters. The number of anilines is 1. The molecule has 29 heavy (non-hydrogen) atoms. The van der Waals surface area contributed by atoms with Crippen molar-refractivity contribution in [3.05, 3.63) is 24.4 Å². The second-order valence-electron chi connectivity index (χ2n) is 7.19. The fourth-order valence-corrected chi connectivity index (χ4v) is 5.77. The zero-order valence-corrected chi connectivity index (χ0v) is 17.5. The number of aromatic nitrogens is 1. The predicted octanol–water partition coefficient (Wildman–Crippen LogP) is 2.03. The topological polar surface area (TPSA) is 112 Å². The highest BCUT2D eigenvalue weighted by Crippen LogP contribution is 2.39. The van der Waals surface area contributed by atoms with Crippen LogP contribution in [0.4, 0.5) is 5.13 Å². The number of benzene rings is 1. The van der Waals surface area contributed by atoms with Crippen LogP contribution in [-0.2, 0) is 9.53 Å². The standard InChI is InChI=1S/C19H24N4O4S2/c20-17(26)19(3-9-27-10-4-19)29-23-7-5-22(6-8-23)18-21-12-16(28-18)13-1-2-14(24)15(25)11-13/h1-2,11-12,24-25H,3-10H2,(H2,20,26). The van der Waals surface area contributed by atoms with Crippen molar-refractivity contribution >= 4 is 34.3 Å². The fraction of sp³-hybridized carbons (Fsp3) is 0.474. The van der Waals surface area contributed by atoms with Gasteiger partial charge in [0.15, 0.2) is 16.6 Å². The zero-order chi connectivity index (χ0) is 20.4. The van der Waals surface area contributed by atoms with E-state index < -0.39 is 4.75 Å². The third-order valence-corrected chi connectivity index (χ3v) is 8.01. The minimum absolute atomic E-state index is 0.134. The maximum absolute atomic E-state index is 12.1. The Morgan fingerprint density at radius 1 is 1.17 bits per heavy atom. The highest BCUT2D eigenvalue weighted by atomic mass is 32.2. The van der Waals surface area contributed by atoms with Gasteiger partial charge in [-0.25, -0.2) is 9.29 Å². The van der Waals surface area contributed by atoms with Crippen LogP contribution in [0.3, 0.4) is 0 Å². The first-order chi connectivity index (χ1) is 14.0. The molecule has 1 aromatic carbocycles. The summed E-state index contributed by atoms with van der Waals surface area (Å²) in [7, 11) is 0. The van der Waals surface area contributed by atoms with Gasteiger partial charge in [0.2, 0.25) is 5.91 Å². The Morgan fingerprint density at radius 2 is 1.90 bits per heavy atom. The molecule has 0 bridgehead atoms. The number of nitrogens with zero attached hydrogens (tertiary/aromatic N) is 3. The number of piperazine rings is 1. The molecule has 2 aliphatic rings. The summed E-state index contributed by atoms with van der Waals surface area (Å²) >= 11 is 3.14. The number of phenolic OH excluding ortho intramolecular Hbond substituents is 2. The van der Waals surface area contributed by atoms with Crippen LogP contribution in [-0.4, -0.2) is 69.5 Å². The van der Waals surface area contributed by atoms with Crippen LogP contribution in [0.25, 0.3) is 10.4 Å². The summed E-state index contributed by atoms with van der Waals surface area (Å²) in [5, 5.41) is 20.1. The number of thiazole rings is 1. The molecule has 2 fully saturated rings. The number of primary amides is 1. The van der Waals surface area contributed by atoms with E-state index in [1.165, 1.54) is 6.07 Å². The van der Waals surface area contributed by atoms with Crippen molar-refractivity contribution in [2.45, 2.75) is 17.6 Å². The van der Waals surface area contributed by atoms with Gasteiger partial charge in [0.05, 0.1) is 4.88 Å². The number of carbonyl (C=O) groups is 1. The molecule has 10 heteroatoms. The molecular formula is C19H24N4O4S2. The van der Waals surface area contributed by atoms with E-state index in [1.807, 2.05) is 0 Å². The normalized spacial score (nSPS) is 19.9. The summed E-state index contributed by atoms with van der Waals surface area (Å²) < 4.78 is 7.08. The van der Waals surface area contributed by atoms with Crippen LogP contribution in [0, 0.1) is 0 Å². The summed E-state index contributed by atoms with van der Waals surface area (Å²) in [5.41, 5.74) is 6.54. The molecule has 156 valence electrons. The second-order valence-corrected chi connectivity index (χ2v) is 9.68. The molecule has 4 N–H and O–H groups in total. The maximum Gasteiger partial charge on any atom is 0.235 e. The highest BCUT2D eigenvalue weighted by Gasteiger charge is 2.41. The molecule has 0 saturated carbocycles. The molecule has 2 aliphatic heterocycles. The predicted molar refractivity (Wildman–Crippen MR) is 114 cm³/mol. The van der Waals surface area contributed by atoms with Gasteiger partial charge in [-0.05, 0) is 36.6 Å². The van der Waals surface area contributed by atoms with E-state index in [2.05, 4.69) is 14.2 Å². The third kappa shape index (κ3) is 4.30. The molecule has 0 aliphatic carbocycles. The van der Waals surface area contributed by atoms with Gasteiger partial charge in [-0.2, -0.15) is 0 Å².